The number of benzene rings is 1. The second-order valence-corrected chi connectivity index (χ2v) is 5.94. The van der Waals surface area contributed by atoms with Crippen molar-refractivity contribution in [1.29, 1.82) is 0 Å². The lowest BCUT2D eigenvalue weighted by Gasteiger charge is -2.37. The molecule has 1 saturated heterocycles. The normalized spacial score (nSPS) is 24.4. The quantitative estimate of drug-likeness (QED) is 0.917. The van der Waals surface area contributed by atoms with E-state index in [2.05, 4.69) is 26.0 Å². The lowest BCUT2D eigenvalue weighted by molar-refractivity contribution is -0.135. The van der Waals surface area contributed by atoms with E-state index in [1.165, 1.54) is 5.56 Å². The Labute approximate surface area is 122 Å². The molecule has 1 aliphatic heterocycles. The molecule has 0 aromatic heterocycles. The smallest absolute Gasteiger partial charge is 0.223 e. The van der Waals surface area contributed by atoms with E-state index in [0.29, 0.717) is 12.3 Å². The molecular weight excluding hydrogens is 248 g/mol. The molecule has 110 valence electrons. The largest absolute Gasteiger partial charge is 0.340 e. The summed E-state index contributed by atoms with van der Waals surface area (Å²) in [6, 6.07) is 10.9. The minimum Gasteiger partial charge on any atom is -0.340 e. The number of carbonyl (C=O) groups excluding carboxylic acids is 1. The van der Waals surface area contributed by atoms with Gasteiger partial charge in [0.25, 0.3) is 0 Å². The Hall–Kier alpha value is -1.35. The predicted molar refractivity (Wildman–Crippen MR) is 82.5 cm³/mol. The zero-order valence-corrected chi connectivity index (χ0v) is 12.6. The number of carbonyl (C=O) groups is 1. The Bertz CT molecular complexity index is 432. The van der Waals surface area contributed by atoms with Gasteiger partial charge in [-0.3, -0.25) is 4.79 Å². The van der Waals surface area contributed by atoms with Crippen molar-refractivity contribution in [2.24, 2.45) is 5.73 Å². The molecule has 3 heteroatoms. The molecule has 1 aromatic rings. The Kier molecular flexibility index (Phi) is 5.18. The molecule has 1 amide bonds. The first-order valence-electron chi connectivity index (χ1n) is 7.71. The van der Waals surface area contributed by atoms with Crippen molar-refractivity contribution in [3.63, 3.8) is 0 Å². The van der Waals surface area contributed by atoms with E-state index in [4.69, 9.17) is 5.73 Å². The monoisotopic (exact) mass is 274 g/mol. The number of nitrogens with zero attached hydrogens (tertiary/aromatic N) is 1. The number of nitrogens with two attached hydrogens (primary N) is 1. The summed E-state index contributed by atoms with van der Waals surface area (Å²) in [5.41, 5.74) is 7.24. The molecule has 20 heavy (non-hydrogen) atoms. The van der Waals surface area contributed by atoms with Crippen LogP contribution in [-0.4, -0.2) is 29.4 Å². The second kappa shape index (κ2) is 6.89. The van der Waals surface area contributed by atoms with E-state index in [1.807, 2.05) is 23.1 Å². The standard InChI is InChI=1S/C17H26N2O/c1-3-14(15-7-5-4-6-8-15)12-17(20)19-10-9-16(18)11-13(19)2/h4-8,13-14,16H,3,9-12,18H2,1-2H3. The number of hydrogen-bond acceptors (Lipinski definition) is 2. The molecule has 2 rings (SSSR count). The third-order valence-electron chi connectivity index (χ3n) is 4.42. The number of amides is 1. The van der Waals surface area contributed by atoms with Crippen LogP contribution in [0.25, 0.3) is 0 Å². The van der Waals surface area contributed by atoms with Gasteiger partial charge >= 0.3 is 0 Å². The molecular formula is C17H26N2O. The molecule has 1 fully saturated rings. The van der Waals surface area contributed by atoms with Crippen molar-refractivity contribution in [3.05, 3.63) is 35.9 Å². The van der Waals surface area contributed by atoms with Gasteiger partial charge in [0, 0.05) is 25.0 Å². The molecule has 1 aromatic carbocycles. The Morgan fingerprint density at radius 2 is 2.10 bits per heavy atom. The van der Waals surface area contributed by atoms with Gasteiger partial charge < -0.3 is 10.6 Å². The zero-order valence-electron chi connectivity index (χ0n) is 12.6. The van der Waals surface area contributed by atoms with E-state index in [-0.39, 0.29) is 18.0 Å². The van der Waals surface area contributed by atoms with Gasteiger partial charge in [-0.2, -0.15) is 0 Å². The van der Waals surface area contributed by atoms with E-state index < -0.39 is 0 Å². The summed E-state index contributed by atoms with van der Waals surface area (Å²) in [6.45, 7) is 5.08. The molecule has 1 heterocycles. The van der Waals surface area contributed by atoms with E-state index in [9.17, 15) is 4.79 Å². The average Bonchev–Trinajstić information content (AvgIpc) is 2.45. The highest BCUT2D eigenvalue weighted by Gasteiger charge is 2.28. The van der Waals surface area contributed by atoms with Crippen LogP contribution in [0.3, 0.4) is 0 Å². The highest BCUT2D eigenvalue weighted by molar-refractivity contribution is 5.77. The highest BCUT2D eigenvalue weighted by Crippen LogP contribution is 2.26. The lowest BCUT2D eigenvalue weighted by Crippen LogP contribution is -2.48. The molecule has 0 spiro atoms. The van der Waals surface area contributed by atoms with Gasteiger partial charge in [0.1, 0.15) is 0 Å². The number of likely N-dealkylation sites (tertiary alicyclic amines) is 1. The fourth-order valence-electron chi connectivity index (χ4n) is 3.13. The van der Waals surface area contributed by atoms with Crippen LogP contribution < -0.4 is 5.73 Å². The molecule has 0 radical (unpaired) electrons. The number of hydrogen-bond donors (Lipinski definition) is 1. The molecule has 3 atom stereocenters. The molecule has 0 saturated carbocycles. The van der Waals surface area contributed by atoms with Crippen LogP contribution in [0.1, 0.15) is 51.0 Å². The molecule has 3 nitrogen and oxygen atoms in total. The molecule has 2 N–H and O–H groups in total. The summed E-state index contributed by atoms with van der Waals surface area (Å²) in [7, 11) is 0. The lowest BCUT2D eigenvalue weighted by atomic mass is 9.91. The van der Waals surface area contributed by atoms with Gasteiger partial charge in [0.15, 0.2) is 0 Å². The summed E-state index contributed by atoms with van der Waals surface area (Å²) in [6.07, 6.45) is 3.46. The summed E-state index contributed by atoms with van der Waals surface area (Å²) in [4.78, 5) is 14.6. The van der Waals surface area contributed by atoms with Crippen LogP contribution >= 0.6 is 0 Å². The molecule has 0 bridgehead atoms. The maximum absolute atomic E-state index is 12.5. The summed E-state index contributed by atoms with van der Waals surface area (Å²) < 4.78 is 0. The highest BCUT2D eigenvalue weighted by atomic mass is 16.2. The Morgan fingerprint density at radius 3 is 2.70 bits per heavy atom. The average molecular weight is 274 g/mol. The molecule has 1 aliphatic rings. The van der Waals surface area contributed by atoms with E-state index in [0.717, 1.165) is 25.8 Å². The second-order valence-electron chi connectivity index (χ2n) is 5.94. The number of rotatable bonds is 4. The van der Waals surface area contributed by atoms with E-state index in [1.54, 1.807) is 0 Å². The van der Waals surface area contributed by atoms with Crippen LogP contribution in [0.5, 0.6) is 0 Å². The Balaban J connectivity index is 1.99. The Morgan fingerprint density at radius 1 is 1.40 bits per heavy atom. The predicted octanol–water partition coefficient (Wildman–Crippen LogP) is 2.91. The van der Waals surface area contributed by atoms with Crippen LogP contribution in [0.15, 0.2) is 30.3 Å². The summed E-state index contributed by atoms with van der Waals surface area (Å²) >= 11 is 0. The molecule has 0 aliphatic carbocycles. The van der Waals surface area contributed by atoms with Crippen molar-refractivity contribution >= 4 is 5.91 Å². The first kappa shape index (κ1) is 15.0. The summed E-state index contributed by atoms with van der Waals surface area (Å²) in [5, 5.41) is 0. The maximum Gasteiger partial charge on any atom is 0.223 e. The molecule has 3 unspecified atom stereocenters. The van der Waals surface area contributed by atoms with Gasteiger partial charge in [-0.1, -0.05) is 37.3 Å². The van der Waals surface area contributed by atoms with E-state index >= 15 is 0 Å². The van der Waals surface area contributed by atoms with Crippen LogP contribution in [0.4, 0.5) is 0 Å². The van der Waals surface area contributed by atoms with Crippen molar-refractivity contribution in [1.82, 2.24) is 4.90 Å². The van der Waals surface area contributed by atoms with Gasteiger partial charge in [-0.15, -0.1) is 0 Å². The minimum atomic E-state index is 0.255. The first-order chi connectivity index (χ1) is 9.61. The SMILES string of the molecule is CCC(CC(=O)N1CCC(N)CC1C)c1ccccc1. The first-order valence-corrected chi connectivity index (χ1v) is 7.71. The fraction of sp³-hybridized carbons (Fsp3) is 0.588. The summed E-state index contributed by atoms with van der Waals surface area (Å²) in [5.74, 6) is 0.603. The van der Waals surface area contributed by atoms with Gasteiger partial charge in [-0.25, -0.2) is 0 Å². The van der Waals surface area contributed by atoms with Crippen molar-refractivity contribution in [2.45, 2.75) is 57.5 Å². The van der Waals surface area contributed by atoms with Gasteiger partial charge in [0.2, 0.25) is 5.91 Å². The van der Waals surface area contributed by atoms with Crippen LogP contribution in [0.2, 0.25) is 0 Å². The number of piperidine rings is 1. The zero-order chi connectivity index (χ0) is 14.5. The fourth-order valence-corrected chi connectivity index (χ4v) is 3.13. The maximum atomic E-state index is 12.5. The van der Waals surface area contributed by atoms with Crippen molar-refractivity contribution in [2.75, 3.05) is 6.54 Å². The van der Waals surface area contributed by atoms with Gasteiger partial charge in [0.05, 0.1) is 0 Å². The third-order valence-corrected chi connectivity index (χ3v) is 4.42. The third kappa shape index (κ3) is 3.60. The van der Waals surface area contributed by atoms with Crippen molar-refractivity contribution in [3.8, 4) is 0 Å². The van der Waals surface area contributed by atoms with Crippen LogP contribution in [-0.2, 0) is 4.79 Å². The topological polar surface area (TPSA) is 46.3 Å². The van der Waals surface area contributed by atoms with Gasteiger partial charge in [-0.05, 0) is 37.7 Å². The van der Waals surface area contributed by atoms with Crippen molar-refractivity contribution < 1.29 is 4.79 Å². The van der Waals surface area contributed by atoms with Crippen LogP contribution in [0, 0.1) is 0 Å². The minimum absolute atomic E-state index is 0.255.